The number of likely N-dealkylation sites (tertiary alicyclic amines) is 1. The molecule has 0 saturated carbocycles. The van der Waals surface area contributed by atoms with Crippen LogP contribution in [-0.4, -0.2) is 43.2 Å². The Hall–Kier alpha value is -1.07. The topological polar surface area (TPSA) is 38.8 Å². The molecular weight excluding hydrogens is 322 g/mol. The number of carbonyl (C=O) groups is 1. The van der Waals surface area contributed by atoms with E-state index in [1.165, 1.54) is 12.8 Å². The molecule has 0 bridgehead atoms. The molecule has 1 atom stereocenters. The van der Waals surface area contributed by atoms with Gasteiger partial charge < -0.3 is 9.47 Å². The van der Waals surface area contributed by atoms with Crippen LogP contribution in [0.1, 0.15) is 19.8 Å². The molecule has 1 aromatic carbocycles. The second-order valence-electron chi connectivity index (χ2n) is 5.05. The van der Waals surface area contributed by atoms with Crippen molar-refractivity contribution in [1.29, 1.82) is 0 Å². The van der Waals surface area contributed by atoms with E-state index < -0.39 is 0 Å². The molecule has 0 spiro atoms. The number of halogens is 1. The van der Waals surface area contributed by atoms with Crippen LogP contribution in [0.2, 0.25) is 0 Å². The Morgan fingerprint density at radius 1 is 1.30 bits per heavy atom. The van der Waals surface area contributed by atoms with Gasteiger partial charge in [-0.1, -0.05) is 15.9 Å². The highest BCUT2D eigenvalue weighted by Crippen LogP contribution is 2.16. The molecule has 0 amide bonds. The molecule has 110 valence electrons. The summed E-state index contributed by atoms with van der Waals surface area (Å²) in [6, 6.07) is 7.36. The van der Waals surface area contributed by atoms with E-state index in [9.17, 15) is 4.79 Å². The summed E-state index contributed by atoms with van der Waals surface area (Å²) in [6.45, 7) is 4.90. The predicted molar refractivity (Wildman–Crippen MR) is 80.9 cm³/mol. The minimum atomic E-state index is -0.320. The van der Waals surface area contributed by atoms with Crippen LogP contribution in [0.4, 0.5) is 0 Å². The molecule has 0 unspecified atom stereocenters. The molecule has 1 saturated heterocycles. The van der Waals surface area contributed by atoms with Gasteiger partial charge in [-0.3, -0.25) is 4.90 Å². The average Bonchev–Trinajstić information content (AvgIpc) is 2.90. The van der Waals surface area contributed by atoms with E-state index >= 15 is 0 Å². The Bertz CT molecular complexity index is 429. The lowest BCUT2D eigenvalue weighted by Crippen LogP contribution is -2.32. The molecule has 1 aromatic rings. The summed E-state index contributed by atoms with van der Waals surface area (Å²) in [4.78, 5) is 14.0. The molecule has 1 fully saturated rings. The predicted octanol–water partition coefficient (Wildman–Crippen LogP) is 2.86. The van der Waals surface area contributed by atoms with Crippen LogP contribution in [0.15, 0.2) is 28.7 Å². The minimum absolute atomic E-state index is 0.0496. The maximum atomic E-state index is 11.7. The Morgan fingerprint density at radius 2 is 1.95 bits per heavy atom. The average molecular weight is 342 g/mol. The van der Waals surface area contributed by atoms with Crippen LogP contribution in [0.5, 0.6) is 5.75 Å². The van der Waals surface area contributed by atoms with E-state index in [2.05, 4.69) is 20.8 Å². The summed E-state index contributed by atoms with van der Waals surface area (Å²) >= 11 is 3.35. The molecule has 4 nitrogen and oxygen atoms in total. The molecule has 20 heavy (non-hydrogen) atoms. The van der Waals surface area contributed by atoms with Crippen LogP contribution in [0.3, 0.4) is 0 Å². The molecule has 1 aliphatic heterocycles. The van der Waals surface area contributed by atoms with Crippen LogP contribution < -0.4 is 4.74 Å². The van der Waals surface area contributed by atoms with Crippen LogP contribution in [0.25, 0.3) is 0 Å². The summed E-state index contributed by atoms with van der Waals surface area (Å²) in [5.74, 6) is 0.344. The van der Waals surface area contributed by atoms with Gasteiger partial charge in [0.15, 0.2) is 6.61 Å². The quantitative estimate of drug-likeness (QED) is 0.746. The maximum absolute atomic E-state index is 11.7. The van der Waals surface area contributed by atoms with E-state index in [4.69, 9.17) is 9.47 Å². The van der Waals surface area contributed by atoms with Crippen molar-refractivity contribution in [2.45, 2.75) is 25.9 Å². The summed E-state index contributed by atoms with van der Waals surface area (Å²) < 4.78 is 11.7. The molecule has 2 rings (SSSR count). The first-order valence-corrected chi connectivity index (χ1v) is 7.73. The lowest BCUT2D eigenvalue weighted by molar-refractivity contribution is -0.151. The van der Waals surface area contributed by atoms with E-state index in [1.54, 1.807) is 0 Å². The van der Waals surface area contributed by atoms with Crippen LogP contribution >= 0.6 is 15.9 Å². The summed E-state index contributed by atoms with van der Waals surface area (Å²) in [6.07, 6.45) is 2.40. The van der Waals surface area contributed by atoms with Gasteiger partial charge in [-0.25, -0.2) is 4.79 Å². The second kappa shape index (κ2) is 7.64. The third kappa shape index (κ3) is 5.13. The molecule has 0 N–H and O–H groups in total. The van der Waals surface area contributed by atoms with Crippen molar-refractivity contribution in [1.82, 2.24) is 4.90 Å². The van der Waals surface area contributed by atoms with Gasteiger partial charge in [-0.05, 0) is 57.1 Å². The monoisotopic (exact) mass is 341 g/mol. The number of hydrogen-bond acceptors (Lipinski definition) is 4. The molecular formula is C15H20BrNO3. The van der Waals surface area contributed by atoms with Crippen LogP contribution in [-0.2, 0) is 9.53 Å². The van der Waals surface area contributed by atoms with Gasteiger partial charge in [0.25, 0.3) is 0 Å². The fourth-order valence-corrected chi connectivity index (χ4v) is 2.56. The fraction of sp³-hybridized carbons (Fsp3) is 0.533. The van der Waals surface area contributed by atoms with Crippen molar-refractivity contribution in [2.24, 2.45) is 0 Å². The van der Waals surface area contributed by atoms with Crippen molar-refractivity contribution in [2.75, 3.05) is 26.2 Å². The molecule has 0 radical (unpaired) electrons. The number of benzene rings is 1. The zero-order chi connectivity index (χ0) is 14.4. The molecule has 0 aromatic heterocycles. The number of rotatable bonds is 6. The van der Waals surface area contributed by atoms with Gasteiger partial charge in [0.2, 0.25) is 0 Å². The third-order valence-corrected chi connectivity index (χ3v) is 3.75. The van der Waals surface area contributed by atoms with E-state index in [1.807, 2.05) is 31.2 Å². The molecule has 1 aliphatic rings. The Morgan fingerprint density at radius 3 is 2.60 bits per heavy atom. The molecule has 0 aliphatic carbocycles. The SMILES string of the molecule is C[C@H](CN1CCCC1)OC(=O)COc1ccc(Br)cc1. The lowest BCUT2D eigenvalue weighted by Gasteiger charge is -2.20. The van der Waals surface area contributed by atoms with Gasteiger partial charge in [-0.2, -0.15) is 0 Å². The van der Waals surface area contributed by atoms with E-state index in [0.29, 0.717) is 5.75 Å². The van der Waals surface area contributed by atoms with Crippen molar-refractivity contribution >= 4 is 21.9 Å². The minimum Gasteiger partial charge on any atom is -0.482 e. The zero-order valence-electron chi connectivity index (χ0n) is 11.7. The number of nitrogens with zero attached hydrogens (tertiary/aromatic N) is 1. The van der Waals surface area contributed by atoms with Gasteiger partial charge in [-0.15, -0.1) is 0 Å². The first-order chi connectivity index (χ1) is 9.63. The molecule has 1 heterocycles. The standard InChI is InChI=1S/C15H20BrNO3/c1-12(10-17-8-2-3-9-17)20-15(18)11-19-14-6-4-13(16)5-7-14/h4-7,12H,2-3,8-11H2,1H3/t12-/m1/s1. The van der Waals surface area contributed by atoms with Gasteiger partial charge in [0.1, 0.15) is 11.9 Å². The lowest BCUT2D eigenvalue weighted by atomic mass is 10.3. The zero-order valence-corrected chi connectivity index (χ0v) is 13.3. The Balaban J connectivity index is 1.67. The van der Waals surface area contributed by atoms with Gasteiger partial charge in [0, 0.05) is 11.0 Å². The highest BCUT2D eigenvalue weighted by atomic mass is 79.9. The maximum Gasteiger partial charge on any atom is 0.344 e. The van der Waals surface area contributed by atoms with Crippen molar-refractivity contribution in [3.8, 4) is 5.75 Å². The normalized spacial score (nSPS) is 16.9. The van der Waals surface area contributed by atoms with E-state index in [-0.39, 0.29) is 18.7 Å². The number of esters is 1. The number of hydrogen-bond donors (Lipinski definition) is 0. The number of ether oxygens (including phenoxy) is 2. The summed E-state index contributed by atoms with van der Waals surface area (Å²) in [7, 11) is 0. The first kappa shape index (κ1) is 15.3. The van der Waals surface area contributed by atoms with Crippen molar-refractivity contribution in [3.63, 3.8) is 0 Å². The summed E-state index contributed by atoms with van der Waals surface area (Å²) in [5.41, 5.74) is 0. The highest BCUT2D eigenvalue weighted by Gasteiger charge is 2.17. The highest BCUT2D eigenvalue weighted by molar-refractivity contribution is 9.10. The smallest absolute Gasteiger partial charge is 0.344 e. The largest absolute Gasteiger partial charge is 0.482 e. The van der Waals surface area contributed by atoms with Gasteiger partial charge in [0.05, 0.1) is 0 Å². The van der Waals surface area contributed by atoms with E-state index in [0.717, 1.165) is 24.1 Å². The number of carbonyl (C=O) groups excluding carboxylic acids is 1. The van der Waals surface area contributed by atoms with Gasteiger partial charge >= 0.3 is 5.97 Å². The summed E-state index contributed by atoms with van der Waals surface area (Å²) in [5, 5.41) is 0. The van der Waals surface area contributed by atoms with Crippen molar-refractivity contribution < 1.29 is 14.3 Å². The Kier molecular flexibility index (Phi) is 5.86. The molecule has 5 heteroatoms. The first-order valence-electron chi connectivity index (χ1n) is 6.93. The third-order valence-electron chi connectivity index (χ3n) is 3.22. The van der Waals surface area contributed by atoms with Crippen molar-refractivity contribution in [3.05, 3.63) is 28.7 Å². The van der Waals surface area contributed by atoms with Crippen LogP contribution in [0, 0.1) is 0 Å². The second-order valence-corrected chi connectivity index (χ2v) is 5.97. The fourth-order valence-electron chi connectivity index (χ4n) is 2.30. The Labute approximate surface area is 128 Å².